The Morgan fingerprint density at radius 3 is 2.88 bits per heavy atom. The molecule has 2 heterocycles. The number of Topliss-reactive ketones (excluding diaryl/α,β-unsaturated/α-hetero) is 1. The van der Waals surface area contributed by atoms with Gasteiger partial charge in [-0.2, -0.15) is 0 Å². The third-order valence-corrected chi connectivity index (χ3v) is 2.86. The monoisotopic (exact) mass is 218 g/mol. The summed E-state index contributed by atoms with van der Waals surface area (Å²) in [5.41, 5.74) is 1.67. The lowest BCUT2D eigenvalue weighted by Crippen LogP contribution is -2.46. The topological polar surface area (TPSA) is 75.1 Å². The van der Waals surface area contributed by atoms with Crippen molar-refractivity contribution in [3.8, 4) is 0 Å². The highest BCUT2D eigenvalue weighted by atomic mass is 16.4. The lowest BCUT2D eigenvalue weighted by molar-refractivity contribution is 0.0878. The maximum absolute atomic E-state index is 11.9. The van der Waals surface area contributed by atoms with Gasteiger partial charge in [0, 0.05) is 24.6 Å². The van der Waals surface area contributed by atoms with Gasteiger partial charge in [-0.25, -0.2) is 4.79 Å². The van der Waals surface area contributed by atoms with Gasteiger partial charge in [0.1, 0.15) is 0 Å². The van der Waals surface area contributed by atoms with Crippen LogP contribution in [0.25, 0.3) is 11.1 Å². The highest BCUT2D eigenvalue weighted by Crippen LogP contribution is 2.17. The lowest BCUT2D eigenvalue weighted by atomic mass is 9.93. The summed E-state index contributed by atoms with van der Waals surface area (Å²) in [5.74, 6) is -0.316. The highest BCUT2D eigenvalue weighted by Gasteiger charge is 2.26. The predicted molar refractivity (Wildman–Crippen MR) is 57.5 cm³/mol. The van der Waals surface area contributed by atoms with Crippen LogP contribution in [0, 0.1) is 5.92 Å². The summed E-state index contributed by atoms with van der Waals surface area (Å²) in [6.07, 6.45) is 0. The van der Waals surface area contributed by atoms with Gasteiger partial charge in [0.2, 0.25) is 0 Å². The van der Waals surface area contributed by atoms with Crippen molar-refractivity contribution in [2.45, 2.75) is 0 Å². The number of aromatic nitrogens is 1. The van der Waals surface area contributed by atoms with Crippen LogP contribution in [0.15, 0.2) is 27.4 Å². The number of benzene rings is 1. The number of ketones is 1. The molecule has 5 heteroatoms. The van der Waals surface area contributed by atoms with Crippen molar-refractivity contribution >= 4 is 16.9 Å². The average Bonchev–Trinajstić information content (AvgIpc) is 2.53. The second-order valence-corrected chi connectivity index (χ2v) is 3.94. The number of nitrogens with one attached hydrogen (secondary N) is 2. The first-order valence-corrected chi connectivity index (χ1v) is 5.12. The number of aromatic amines is 1. The third kappa shape index (κ3) is 1.37. The standard InChI is InChI=1S/C11H10N2O3/c14-10(7-4-12-5-7)6-1-2-9-8(3-6)13-11(15)16-9/h1-3,7,12H,4-5H2,(H,13,15). The molecule has 5 nitrogen and oxygen atoms in total. The van der Waals surface area contributed by atoms with Crippen LogP contribution in [0.2, 0.25) is 0 Å². The molecule has 1 aliphatic rings. The fourth-order valence-corrected chi connectivity index (χ4v) is 1.82. The molecule has 1 aromatic heterocycles. The molecule has 0 aliphatic carbocycles. The first kappa shape index (κ1) is 9.35. The summed E-state index contributed by atoms with van der Waals surface area (Å²) in [4.78, 5) is 25.4. The second-order valence-electron chi connectivity index (χ2n) is 3.94. The van der Waals surface area contributed by atoms with Crippen LogP contribution < -0.4 is 11.1 Å². The smallest absolute Gasteiger partial charge is 0.408 e. The van der Waals surface area contributed by atoms with Crippen molar-refractivity contribution in [1.29, 1.82) is 0 Å². The summed E-state index contributed by atoms with van der Waals surface area (Å²) in [5, 5.41) is 3.06. The maximum Gasteiger partial charge on any atom is 0.417 e. The van der Waals surface area contributed by atoms with E-state index in [0.29, 0.717) is 16.7 Å². The zero-order valence-corrected chi connectivity index (χ0v) is 8.45. The lowest BCUT2D eigenvalue weighted by Gasteiger charge is -2.25. The number of hydrogen-bond donors (Lipinski definition) is 2. The summed E-state index contributed by atoms with van der Waals surface area (Å²) in [6, 6.07) is 5.01. The zero-order valence-electron chi connectivity index (χ0n) is 8.45. The molecule has 2 N–H and O–H groups in total. The Morgan fingerprint density at radius 2 is 2.19 bits per heavy atom. The van der Waals surface area contributed by atoms with Gasteiger partial charge in [-0.05, 0) is 18.2 Å². The average molecular weight is 218 g/mol. The molecule has 1 saturated heterocycles. The molecule has 1 aromatic carbocycles. The van der Waals surface area contributed by atoms with E-state index in [1.54, 1.807) is 18.2 Å². The molecular weight excluding hydrogens is 208 g/mol. The predicted octanol–water partition coefficient (Wildman–Crippen LogP) is 0.523. The molecule has 0 saturated carbocycles. The van der Waals surface area contributed by atoms with E-state index >= 15 is 0 Å². The molecule has 0 bridgehead atoms. The minimum Gasteiger partial charge on any atom is -0.408 e. The van der Waals surface area contributed by atoms with E-state index in [1.807, 2.05) is 0 Å². The van der Waals surface area contributed by atoms with Crippen LogP contribution in [0.4, 0.5) is 0 Å². The van der Waals surface area contributed by atoms with E-state index < -0.39 is 5.76 Å². The van der Waals surface area contributed by atoms with Crippen LogP contribution in [-0.4, -0.2) is 23.9 Å². The number of carbonyl (C=O) groups is 1. The van der Waals surface area contributed by atoms with E-state index in [9.17, 15) is 9.59 Å². The SMILES string of the molecule is O=C(c1ccc2oc(=O)[nH]c2c1)C1CNC1. The first-order chi connectivity index (χ1) is 7.74. The van der Waals surface area contributed by atoms with Crippen molar-refractivity contribution in [2.75, 3.05) is 13.1 Å². The van der Waals surface area contributed by atoms with Gasteiger partial charge < -0.3 is 9.73 Å². The Balaban J connectivity index is 2.03. The molecule has 16 heavy (non-hydrogen) atoms. The number of oxazole rings is 1. The Bertz CT molecular complexity index is 607. The molecule has 0 radical (unpaired) electrons. The quantitative estimate of drug-likeness (QED) is 0.721. The van der Waals surface area contributed by atoms with Crippen molar-refractivity contribution in [2.24, 2.45) is 5.92 Å². The molecule has 0 unspecified atom stereocenters. The van der Waals surface area contributed by atoms with Gasteiger partial charge in [0.15, 0.2) is 11.4 Å². The van der Waals surface area contributed by atoms with Crippen LogP contribution in [0.3, 0.4) is 0 Å². The van der Waals surface area contributed by atoms with Crippen LogP contribution in [-0.2, 0) is 0 Å². The zero-order chi connectivity index (χ0) is 11.1. The van der Waals surface area contributed by atoms with E-state index in [4.69, 9.17) is 4.42 Å². The molecule has 1 fully saturated rings. The van der Waals surface area contributed by atoms with E-state index in [2.05, 4.69) is 10.3 Å². The molecule has 0 atom stereocenters. The minimum atomic E-state index is -0.495. The van der Waals surface area contributed by atoms with E-state index in [1.165, 1.54) is 0 Å². The molecule has 3 rings (SSSR count). The van der Waals surface area contributed by atoms with Crippen molar-refractivity contribution in [1.82, 2.24) is 10.3 Å². The number of carbonyl (C=O) groups excluding carboxylic acids is 1. The largest absolute Gasteiger partial charge is 0.417 e. The number of H-pyrrole nitrogens is 1. The molecule has 1 aliphatic heterocycles. The van der Waals surface area contributed by atoms with Gasteiger partial charge in [0.05, 0.1) is 5.52 Å². The van der Waals surface area contributed by atoms with Gasteiger partial charge in [-0.1, -0.05) is 0 Å². The summed E-state index contributed by atoms with van der Waals surface area (Å²) in [6.45, 7) is 1.47. The highest BCUT2D eigenvalue weighted by molar-refractivity contribution is 6.00. The summed E-state index contributed by atoms with van der Waals surface area (Å²) >= 11 is 0. The molecule has 82 valence electrons. The van der Waals surface area contributed by atoms with Gasteiger partial charge in [-0.15, -0.1) is 0 Å². The third-order valence-electron chi connectivity index (χ3n) is 2.86. The molecular formula is C11H10N2O3. The molecule has 0 spiro atoms. The summed E-state index contributed by atoms with van der Waals surface area (Å²) in [7, 11) is 0. The Kier molecular flexibility index (Phi) is 1.94. The van der Waals surface area contributed by atoms with Gasteiger partial charge in [-0.3, -0.25) is 9.78 Å². The number of hydrogen-bond acceptors (Lipinski definition) is 4. The maximum atomic E-state index is 11.9. The summed E-state index contributed by atoms with van der Waals surface area (Å²) < 4.78 is 4.87. The number of rotatable bonds is 2. The fourth-order valence-electron chi connectivity index (χ4n) is 1.82. The first-order valence-electron chi connectivity index (χ1n) is 5.12. The van der Waals surface area contributed by atoms with Crippen molar-refractivity contribution in [3.63, 3.8) is 0 Å². The number of fused-ring (bicyclic) bond motifs is 1. The van der Waals surface area contributed by atoms with E-state index in [-0.39, 0.29) is 11.7 Å². The molecule has 2 aromatic rings. The minimum absolute atomic E-state index is 0.0658. The van der Waals surface area contributed by atoms with Crippen LogP contribution >= 0.6 is 0 Å². The van der Waals surface area contributed by atoms with Gasteiger partial charge >= 0.3 is 5.76 Å². The Hall–Kier alpha value is -1.88. The Labute approximate surface area is 90.5 Å². The fraction of sp³-hybridized carbons (Fsp3) is 0.273. The van der Waals surface area contributed by atoms with E-state index in [0.717, 1.165) is 13.1 Å². The van der Waals surface area contributed by atoms with Crippen molar-refractivity contribution in [3.05, 3.63) is 34.3 Å². The Morgan fingerprint density at radius 1 is 1.38 bits per heavy atom. The second kappa shape index (κ2) is 3.31. The normalized spacial score (nSPS) is 16.2. The van der Waals surface area contributed by atoms with Crippen LogP contribution in [0.5, 0.6) is 0 Å². The van der Waals surface area contributed by atoms with Crippen molar-refractivity contribution < 1.29 is 9.21 Å². The molecule has 0 amide bonds. The van der Waals surface area contributed by atoms with Gasteiger partial charge in [0.25, 0.3) is 0 Å². The van der Waals surface area contributed by atoms with Crippen LogP contribution in [0.1, 0.15) is 10.4 Å².